The number of halogens is 10. The first kappa shape index (κ1) is 15.4. The van der Waals surface area contributed by atoms with E-state index in [1.54, 1.807) is 0 Å². The van der Waals surface area contributed by atoms with Crippen molar-refractivity contribution in [1.82, 2.24) is 0 Å². The zero-order valence-electron chi connectivity index (χ0n) is 6.69. The minimum atomic E-state index is -6.46. The van der Waals surface area contributed by atoms with Gasteiger partial charge in [0, 0.05) is 15.9 Å². The van der Waals surface area contributed by atoms with Gasteiger partial charge in [-0.3, -0.25) is 0 Å². The van der Waals surface area contributed by atoms with Crippen LogP contribution >= 0.6 is 15.9 Å². The largest absolute Gasteiger partial charge is 0.461 e. The Morgan fingerprint density at radius 3 is 1.50 bits per heavy atom. The van der Waals surface area contributed by atoms with E-state index in [4.69, 9.17) is 0 Å². The summed E-state index contributed by atoms with van der Waals surface area (Å²) in [5, 5.41) is 0. The average molecular weight is 327 g/mol. The summed E-state index contributed by atoms with van der Waals surface area (Å²) in [6, 6.07) is -3.19. The molecule has 0 aliphatic heterocycles. The second-order valence-electron chi connectivity index (χ2n) is 2.23. The first-order chi connectivity index (χ1) is 6.83. The highest BCUT2D eigenvalue weighted by atomic mass is 79.9. The summed E-state index contributed by atoms with van der Waals surface area (Å²) in [6.45, 7) is 0. The maximum Gasteiger partial charge on any atom is 0.461 e. The molecule has 1 unspecified atom stereocenters. The molecule has 0 amide bonds. The summed E-state index contributed by atoms with van der Waals surface area (Å²) in [7, 11) is 0. The number of ether oxygens (including phenoxy) is 1. The molecule has 0 heterocycles. The molecular formula is C5BrF9O. The molecule has 11 heteroatoms. The lowest BCUT2D eigenvalue weighted by Crippen LogP contribution is -2.52. The van der Waals surface area contributed by atoms with Crippen molar-refractivity contribution in [1.29, 1.82) is 0 Å². The molecule has 16 heavy (non-hydrogen) atoms. The fraction of sp³-hybridized carbons (Fsp3) is 0.600. The van der Waals surface area contributed by atoms with Crippen LogP contribution in [0.25, 0.3) is 0 Å². The molecule has 0 N–H and O–H groups in total. The van der Waals surface area contributed by atoms with Crippen LogP contribution in [0, 0.1) is 0 Å². The Kier molecular flexibility index (Phi) is 4.17. The lowest BCUT2D eigenvalue weighted by Gasteiger charge is -2.28. The van der Waals surface area contributed by atoms with Gasteiger partial charge in [-0.05, 0) is 0 Å². The normalized spacial score (nSPS) is 16.6. The van der Waals surface area contributed by atoms with Crippen LogP contribution < -0.4 is 0 Å². The summed E-state index contributed by atoms with van der Waals surface area (Å²) in [5.74, 6) is -6.23. The highest BCUT2D eigenvalue weighted by Gasteiger charge is 2.73. The predicted molar refractivity (Wildman–Crippen MR) is 35.2 cm³/mol. The summed E-state index contributed by atoms with van der Waals surface area (Å²) >= 11 is 1.04. The topological polar surface area (TPSA) is 9.23 Å². The van der Waals surface area contributed by atoms with Crippen LogP contribution in [0.15, 0.2) is 12.1 Å². The second kappa shape index (κ2) is 4.34. The van der Waals surface area contributed by atoms with Gasteiger partial charge < -0.3 is 4.74 Å². The van der Waals surface area contributed by atoms with E-state index < -0.39 is 29.0 Å². The van der Waals surface area contributed by atoms with Crippen molar-refractivity contribution in [2.75, 3.05) is 0 Å². The van der Waals surface area contributed by atoms with Gasteiger partial charge in [-0.25, -0.2) is 0 Å². The standard InChI is InChI=1S/C5BrF9O/c6-4(12,16-2(9)1(7)8)3(10,11)5(13,14)15. The summed E-state index contributed by atoms with van der Waals surface area (Å²) in [6.07, 6.45) is -9.85. The highest BCUT2D eigenvalue weighted by Crippen LogP contribution is 2.50. The Morgan fingerprint density at radius 2 is 1.25 bits per heavy atom. The zero-order chi connectivity index (χ0) is 13.4. The minimum absolute atomic E-state index is 1.04. The zero-order valence-corrected chi connectivity index (χ0v) is 8.27. The van der Waals surface area contributed by atoms with Gasteiger partial charge in [-0.15, -0.1) is 0 Å². The van der Waals surface area contributed by atoms with Crippen molar-refractivity contribution in [3.63, 3.8) is 0 Å². The molecule has 0 aromatic rings. The smallest absolute Gasteiger partial charge is 0.414 e. The predicted octanol–water partition coefficient (Wildman–Crippen LogP) is 4.25. The van der Waals surface area contributed by atoms with Gasteiger partial charge in [0.1, 0.15) is 0 Å². The molecule has 96 valence electrons. The molecule has 0 spiro atoms. The first-order valence-corrected chi connectivity index (χ1v) is 3.84. The molecule has 0 aliphatic carbocycles. The molecule has 0 aromatic heterocycles. The molecule has 0 aliphatic rings. The van der Waals surface area contributed by atoms with Crippen molar-refractivity contribution in [2.45, 2.75) is 16.9 Å². The van der Waals surface area contributed by atoms with Crippen LogP contribution in [0.4, 0.5) is 39.5 Å². The lowest BCUT2D eigenvalue weighted by atomic mass is 10.3. The number of alkyl halides is 7. The molecule has 1 nitrogen and oxygen atoms in total. The fourth-order valence-electron chi connectivity index (χ4n) is 0.380. The van der Waals surface area contributed by atoms with Crippen LogP contribution in [0.3, 0.4) is 0 Å². The van der Waals surface area contributed by atoms with E-state index in [2.05, 4.69) is 4.74 Å². The Labute approximate surface area is 90.0 Å². The SMILES string of the molecule is FC(F)=C(F)OC(F)(Br)C(F)(F)C(F)(F)F. The summed E-state index contributed by atoms with van der Waals surface area (Å²) < 4.78 is 104. The van der Waals surface area contributed by atoms with Gasteiger partial charge in [0.15, 0.2) is 0 Å². The molecule has 0 saturated carbocycles. The highest BCUT2D eigenvalue weighted by molar-refractivity contribution is 9.10. The molecule has 0 aromatic carbocycles. The van der Waals surface area contributed by atoms with Crippen LogP contribution in [0.2, 0.25) is 0 Å². The van der Waals surface area contributed by atoms with Crippen LogP contribution in [-0.4, -0.2) is 16.9 Å². The van der Waals surface area contributed by atoms with Gasteiger partial charge in [-0.2, -0.15) is 39.5 Å². The molecule has 0 radical (unpaired) electrons. The van der Waals surface area contributed by atoms with E-state index in [1.165, 1.54) is 0 Å². The van der Waals surface area contributed by atoms with E-state index in [0.717, 1.165) is 15.9 Å². The summed E-state index contributed by atoms with van der Waals surface area (Å²) in [5.41, 5.74) is 0. The molecule has 1 atom stereocenters. The third-order valence-corrected chi connectivity index (χ3v) is 1.75. The molecule has 0 fully saturated rings. The van der Waals surface area contributed by atoms with Crippen molar-refractivity contribution in [2.24, 2.45) is 0 Å². The van der Waals surface area contributed by atoms with Gasteiger partial charge in [0.05, 0.1) is 0 Å². The second-order valence-corrected chi connectivity index (χ2v) is 3.25. The molecular weight excluding hydrogens is 327 g/mol. The van der Waals surface area contributed by atoms with Crippen LogP contribution in [0.1, 0.15) is 0 Å². The maximum absolute atomic E-state index is 12.6. The Morgan fingerprint density at radius 1 is 0.875 bits per heavy atom. The van der Waals surface area contributed by atoms with Gasteiger partial charge in [0.2, 0.25) is 0 Å². The van der Waals surface area contributed by atoms with Crippen LogP contribution in [0.5, 0.6) is 0 Å². The Balaban J connectivity index is 5.15. The number of rotatable bonds is 3. The Bertz CT molecular complexity index is 289. The van der Waals surface area contributed by atoms with Crippen LogP contribution in [-0.2, 0) is 4.74 Å². The van der Waals surface area contributed by atoms with Gasteiger partial charge >= 0.3 is 29.0 Å². The van der Waals surface area contributed by atoms with E-state index in [9.17, 15) is 39.5 Å². The Hall–Kier alpha value is -0.610. The first-order valence-electron chi connectivity index (χ1n) is 3.05. The van der Waals surface area contributed by atoms with E-state index >= 15 is 0 Å². The van der Waals surface area contributed by atoms with Crippen molar-refractivity contribution < 1.29 is 44.3 Å². The van der Waals surface area contributed by atoms with E-state index in [0.29, 0.717) is 0 Å². The molecule has 0 saturated heterocycles. The quantitative estimate of drug-likeness (QED) is 0.428. The van der Waals surface area contributed by atoms with Crippen molar-refractivity contribution in [3.05, 3.63) is 12.1 Å². The van der Waals surface area contributed by atoms with Crippen molar-refractivity contribution in [3.8, 4) is 0 Å². The average Bonchev–Trinajstić information content (AvgIpc) is 2.00. The maximum atomic E-state index is 12.6. The molecule has 0 rings (SSSR count). The third-order valence-electron chi connectivity index (χ3n) is 1.09. The van der Waals surface area contributed by atoms with Gasteiger partial charge in [0.25, 0.3) is 0 Å². The summed E-state index contributed by atoms with van der Waals surface area (Å²) in [4.78, 5) is 0. The van der Waals surface area contributed by atoms with Crippen molar-refractivity contribution >= 4 is 15.9 Å². The lowest BCUT2D eigenvalue weighted by molar-refractivity contribution is -0.347. The van der Waals surface area contributed by atoms with E-state index in [1.807, 2.05) is 0 Å². The third kappa shape index (κ3) is 2.95. The molecule has 0 bridgehead atoms. The number of hydrogen-bond donors (Lipinski definition) is 0. The van der Waals surface area contributed by atoms with Gasteiger partial charge in [-0.1, -0.05) is 0 Å². The minimum Gasteiger partial charge on any atom is -0.414 e. The fourth-order valence-corrected chi connectivity index (χ4v) is 0.747. The van der Waals surface area contributed by atoms with E-state index in [-0.39, 0.29) is 0 Å². The monoisotopic (exact) mass is 326 g/mol. The number of hydrogen-bond acceptors (Lipinski definition) is 1.